The Balaban J connectivity index is 2.02. The number of carbonyl (C=O) groups is 1. The van der Waals surface area contributed by atoms with Crippen LogP contribution >= 0.6 is 0 Å². The Morgan fingerprint density at radius 1 is 1.06 bits per heavy atom. The van der Waals surface area contributed by atoms with Crippen molar-refractivity contribution in [1.29, 1.82) is 0 Å². The van der Waals surface area contributed by atoms with Crippen molar-refractivity contribution in [3.63, 3.8) is 0 Å². The first kappa shape index (κ1) is 24.3. The molecule has 0 saturated carbocycles. The van der Waals surface area contributed by atoms with Crippen LogP contribution in [0.25, 0.3) is 0 Å². The van der Waals surface area contributed by atoms with Crippen LogP contribution in [0.3, 0.4) is 0 Å². The molecule has 0 aromatic heterocycles. The number of nitrogens with zero attached hydrogens (tertiary/aromatic N) is 1. The molecule has 0 aliphatic carbocycles. The number of nitrogens with one attached hydrogen (secondary N) is 1. The van der Waals surface area contributed by atoms with Crippen molar-refractivity contribution in [2.45, 2.75) is 19.8 Å². The van der Waals surface area contributed by atoms with Crippen LogP contribution in [0.1, 0.15) is 25.3 Å². The average molecular weight is 451 g/mol. The number of rotatable bonds is 11. The third kappa shape index (κ3) is 6.78. The van der Waals surface area contributed by atoms with Gasteiger partial charge in [0.1, 0.15) is 30.4 Å². The lowest BCUT2D eigenvalue weighted by molar-refractivity contribution is -0.119. The third-order valence-corrected chi connectivity index (χ3v) is 5.69. The smallest absolute Gasteiger partial charge is 0.240 e. The van der Waals surface area contributed by atoms with Crippen LogP contribution in [0.5, 0.6) is 17.2 Å². The molecule has 0 bridgehead atoms. The Bertz CT molecular complexity index is 991. The normalized spacial score (nSPS) is 11.2. The number of carbonyl (C=O) groups excluding carboxylic acids is 1. The lowest BCUT2D eigenvalue weighted by Crippen LogP contribution is -2.41. The second-order valence-electron chi connectivity index (χ2n) is 7.20. The van der Waals surface area contributed by atoms with Crippen molar-refractivity contribution < 1.29 is 27.4 Å². The number of methoxy groups -OCH3 is 2. The molecule has 9 heteroatoms. The van der Waals surface area contributed by atoms with Crippen LogP contribution < -0.4 is 23.8 Å². The summed E-state index contributed by atoms with van der Waals surface area (Å²) in [6.07, 6.45) is 1.04. The molecule has 1 amide bonds. The minimum Gasteiger partial charge on any atom is -0.497 e. The maximum atomic E-state index is 12.4. The van der Waals surface area contributed by atoms with E-state index in [1.54, 1.807) is 12.1 Å². The number of sulfonamides is 1. The summed E-state index contributed by atoms with van der Waals surface area (Å²) in [6.45, 7) is 4.28. The van der Waals surface area contributed by atoms with Crippen LogP contribution in [-0.4, -0.2) is 54.5 Å². The van der Waals surface area contributed by atoms with Gasteiger partial charge < -0.3 is 19.5 Å². The van der Waals surface area contributed by atoms with Gasteiger partial charge in [0.05, 0.1) is 32.7 Å². The molecular weight excluding hydrogens is 420 g/mol. The molecule has 2 aromatic carbocycles. The van der Waals surface area contributed by atoms with E-state index in [-0.39, 0.29) is 31.1 Å². The van der Waals surface area contributed by atoms with E-state index < -0.39 is 15.9 Å². The molecule has 0 saturated heterocycles. The summed E-state index contributed by atoms with van der Waals surface area (Å²) in [5.74, 6) is 1.42. The molecule has 0 heterocycles. The number of amides is 1. The van der Waals surface area contributed by atoms with E-state index in [9.17, 15) is 13.2 Å². The van der Waals surface area contributed by atoms with Crippen LogP contribution in [0.15, 0.2) is 42.5 Å². The molecule has 0 radical (unpaired) electrons. The van der Waals surface area contributed by atoms with Crippen LogP contribution in [0.2, 0.25) is 0 Å². The summed E-state index contributed by atoms with van der Waals surface area (Å²) in [5.41, 5.74) is 1.34. The minimum absolute atomic E-state index is 0.239. The highest BCUT2D eigenvalue weighted by Crippen LogP contribution is 2.33. The van der Waals surface area contributed by atoms with Crippen molar-refractivity contribution in [2.24, 2.45) is 0 Å². The molecule has 0 fully saturated rings. The minimum atomic E-state index is -3.73. The van der Waals surface area contributed by atoms with Gasteiger partial charge in [-0.2, -0.15) is 0 Å². The fourth-order valence-corrected chi connectivity index (χ4v) is 3.86. The molecule has 31 heavy (non-hydrogen) atoms. The first-order chi connectivity index (χ1) is 14.7. The third-order valence-electron chi connectivity index (χ3n) is 4.57. The zero-order valence-corrected chi connectivity index (χ0v) is 19.4. The molecular formula is C22H30N2O6S. The summed E-state index contributed by atoms with van der Waals surface area (Å²) in [4.78, 5) is 12.4. The van der Waals surface area contributed by atoms with Gasteiger partial charge in [-0.25, -0.2) is 8.42 Å². The molecule has 0 aliphatic heterocycles. The van der Waals surface area contributed by atoms with E-state index in [0.717, 1.165) is 21.9 Å². The van der Waals surface area contributed by atoms with E-state index in [1.165, 1.54) is 20.3 Å². The van der Waals surface area contributed by atoms with Gasteiger partial charge in [0.2, 0.25) is 15.9 Å². The summed E-state index contributed by atoms with van der Waals surface area (Å²) in [7, 11) is -0.814. The zero-order valence-electron chi connectivity index (χ0n) is 18.5. The largest absolute Gasteiger partial charge is 0.497 e. The second-order valence-corrected chi connectivity index (χ2v) is 9.11. The van der Waals surface area contributed by atoms with Gasteiger partial charge in [0.15, 0.2) is 0 Å². The van der Waals surface area contributed by atoms with E-state index >= 15 is 0 Å². The van der Waals surface area contributed by atoms with Crippen LogP contribution in [-0.2, 0) is 14.8 Å². The maximum Gasteiger partial charge on any atom is 0.240 e. The lowest BCUT2D eigenvalue weighted by Gasteiger charge is -2.24. The maximum absolute atomic E-state index is 12.4. The van der Waals surface area contributed by atoms with Crippen molar-refractivity contribution >= 4 is 21.6 Å². The molecule has 0 unspecified atom stereocenters. The fourth-order valence-electron chi connectivity index (χ4n) is 3.00. The van der Waals surface area contributed by atoms with Gasteiger partial charge in [-0.1, -0.05) is 32.0 Å². The van der Waals surface area contributed by atoms with E-state index in [0.29, 0.717) is 11.7 Å². The SMILES string of the molecule is COc1ccc(N(CC(=O)NCCOc2ccccc2C(C)C)S(C)(=O)=O)c(OC)c1. The molecule has 2 rings (SSSR count). The van der Waals surface area contributed by atoms with Gasteiger partial charge in [-0.05, 0) is 29.7 Å². The molecule has 170 valence electrons. The number of para-hydroxylation sites is 1. The Morgan fingerprint density at radius 2 is 1.77 bits per heavy atom. The highest BCUT2D eigenvalue weighted by molar-refractivity contribution is 7.92. The predicted molar refractivity (Wildman–Crippen MR) is 121 cm³/mol. The highest BCUT2D eigenvalue weighted by Gasteiger charge is 2.24. The van der Waals surface area contributed by atoms with E-state index in [2.05, 4.69) is 19.2 Å². The second kappa shape index (κ2) is 10.9. The van der Waals surface area contributed by atoms with Crippen molar-refractivity contribution in [3.8, 4) is 17.2 Å². The van der Waals surface area contributed by atoms with Crippen molar-refractivity contribution in [2.75, 3.05) is 44.5 Å². The van der Waals surface area contributed by atoms with Gasteiger partial charge in [-0.3, -0.25) is 9.10 Å². The fraction of sp³-hybridized carbons (Fsp3) is 0.409. The number of ether oxygens (including phenoxy) is 3. The molecule has 8 nitrogen and oxygen atoms in total. The average Bonchev–Trinajstić information content (AvgIpc) is 2.74. The Labute approximate surface area is 184 Å². The van der Waals surface area contributed by atoms with E-state index in [1.807, 2.05) is 24.3 Å². The van der Waals surface area contributed by atoms with Gasteiger partial charge in [0.25, 0.3) is 0 Å². The first-order valence-electron chi connectivity index (χ1n) is 9.85. The van der Waals surface area contributed by atoms with E-state index in [4.69, 9.17) is 14.2 Å². The Hall–Kier alpha value is -2.94. The molecule has 0 spiro atoms. The standard InChI is InChI=1S/C22H30N2O6S/c1-16(2)18-8-6-7-9-20(18)30-13-12-23-22(25)15-24(31(5,26)27)19-11-10-17(28-3)14-21(19)29-4/h6-11,14,16H,12-13,15H2,1-5H3,(H,23,25). The monoisotopic (exact) mass is 450 g/mol. The van der Waals surface area contributed by atoms with Crippen molar-refractivity contribution in [3.05, 3.63) is 48.0 Å². The molecule has 0 atom stereocenters. The summed E-state index contributed by atoms with van der Waals surface area (Å²) >= 11 is 0. The predicted octanol–water partition coefficient (Wildman–Crippen LogP) is 2.79. The topological polar surface area (TPSA) is 94.2 Å². The van der Waals surface area contributed by atoms with Crippen molar-refractivity contribution in [1.82, 2.24) is 5.32 Å². The molecule has 0 aliphatic rings. The Morgan fingerprint density at radius 3 is 2.39 bits per heavy atom. The zero-order chi connectivity index (χ0) is 23.0. The number of anilines is 1. The quantitative estimate of drug-likeness (QED) is 0.529. The number of benzene rings is 2. The van der Waals surface area contributed by atoms with Crippen LogP contribution in [0, 0.1) is 0 Å². The number of hydrogen-bond acceptors (Lipinski definition) is 6. The Kier molecular flexibility index (Phi) is 8.56. The van der Waals surface area contributed by atoms with Gasteiger partial charge >= 0.3 is 0 Å². The molecule has 2 aromatic rings. The molecule has 1 N–H and O–H groups in total. The van der Waals surface area contributed by atoms with Gasteiger partial charge in [0, 0.05) is 6.07 Å². The van der Waals surface area contributed by atoms with Crippen LogP contribution in [0.4, 0.5) is 5.69 Å². The lowest BCUT2D eigenvalue weighted by atomic mass is 10.0. The summed E-state index contributed by atoms with van der Waals surface area (Å²) < 4.78 is 41.9. The highest BCUT2D eigenvalue weighted by atomic mass is 32.2. The van der Waals surface area contributed by atoms with Gasteiger partial charge in [-0.15, -0.1) is 0 Å². The first-order valence-corrected chi connectivity index (χ1v) is 11.7. The summed E-state index contributed by atoms with van der Waals surface area (Å²) in [6, 6.07) is 12.4. The number of hydrogen-bond donors (Lipinski definition) is 1. The summed E-state index contributed by atoms with van der Waals surface area (Å²) in [5, 5.41) is 2.70.